The van der Waals surface area contributed by atoms with E-state index in [0.717, 1.165) is 0 Å². The zero-order valence-corrected chi connectivity index (χ0v) is 8.23. The Morgan fingerprint density at radius 1 is 1.27 bits per heavy atom. The largest absolute Gasteiger partial charge is 0.396 e. The van der Waals surface area contributed by atoms with Gasteiger partial charge in [0.2, 0.25) is 0 Å². The van der Waals surface area contributed by atoms with Gasteiger partial charge in [0.15, 0.2) is 11.6 Å². The molecule has 5 heteroatoms. The Morgan fingerprint density at radius 3 is 2.27 bits per heavy atom. The van der Waals surface area contributed by atoms with Crippen LogP contribution in [0.5, 0.6) is 0 Å². The maximum absolute atomic E-state index is 13.1. The highest BCUT2D eigenvalue weighted by Crippen LogP contribution is 2.20. The van der Waals surface area contributed by atoms with Crippen LogP contribution in [0, 0.1) is 23.4 Å². The van der Waals surface area contributed by atoms with Crippen molar-refractivity contribution in [1.29, 1.82) is 0 Å². The lowest BCUT2D eigenvalue weighted by atomic mass is 10.2. The van der Waals surface area contributed by atoms with Crippen LogP contribution in [0.1, 0.15) is 6.92 Å². The van der Waals surface area contributed by atoms with Crippen LogP contribution in [0.3, 0.4) is 0 Å². The molecule has 0 aliphatic carbocycles. The summed E-state index contributed by atoms with van der Waals surface area (Å²) in [5.41, 5.74) is -0.364. The van der Waals surface area contributed by atoms with Gasteiger partial charge < -0.3 is 10.4 Å². The minimum atomic E-state index is -0.974. The van der Waals surface area contributed by atoms with Gasteiger partial charge in [-0.3, -0.25) is 0 Å². The Bertz CT molecular complexity index is 320. The fraction of sp³-hybridized carbons (Fsp3) is 0.400. The van der Waals surface area contributed by atoms with Gasteiger partial charge in [-0.1, -0.05) is 6.92 Å². The van der Waals surface area contributed by atoms with Crippen LogP contribution in [0.15, 0.2) is 12.1 Å². The van der Waals surface area contributed by atoms with Gasteiger partial charge in [-0.2, -0.15) is 0 Å². The number of halogens is 3. The van der Waals surface area contributed by atoms with Crippen molar-refractivity contribution in [3.05, 3.63) is 29.6 Å². The monoisotopic (exact) mass is 219 g/mol. The number of aliphatic hydroxyl groups is 1. The molecule has 1 unspecified atom stereocenters. The average Bonchev–Trinajstić information content (AvgIpc) is 2.15. The molecule has 0 fully saturated rings. The van der Waals surface area contributed by atoms with Crippen LogP contribution in [0.2, 0.25) is 0 Å². The Hall–Kier alpha value is -1.23. The van der Waals surface area contributed by atoms with Crippen LogP contribution in [-0.4, -0.2) is 18.3 Å². The Balaban J connectivity index is 2.77. The second-order valence-electron chi connectivity index (χ2n) is 3.41. The molecule has 0 amide bonds. The van der Waals surface area contributed by atoms with Crippen molar-refractivity contribution in [3.8, 4) is 0 Å². The van der Waals surface area contributed by atoms with E-state index in [4.69, 9.17) is 5.11 Å². The fourth-order valence-corrected chi connectivity index (χ4v) is 1.05. The molecule has 1 atom stereocenters. The van der Waals surface area contributed by atoms with E-state index in [0.29, 0.717) is 12.1 Å². The van der Waals surface area contributed by atoms with Gasteiger partial charge >= 0.3 is 0 Å². The van der Waals surface area contributed by atoms with E-state index >= 15 is 0 Å². The van der Waals surface area contributed by atoms with Crippen molar-refractivity contribution < 1.29 is 18.3 Å². The summed E-state index contributed by atoms with van der Waals surface area (Å²) < 4.78 is 38.6. The summed E-state index contributed by atoms with van der Waals surface area (Å²) in [7, 11) is 0. The molecule has 84 valence electrons. The van der Waals surface area contributed by atoms with Crippen LogP contribution in [0.4, 0.5) is 18.9 Å². The van der Waals surface area contributed by atoms with Crippen molar-refractivity contribution >= 4 is 5.69 Å². The second-order valence-corrected chi connectivity index (χ2v) is 3.41. The topological polar surface area (TPSA) is 32.3 Å². The van der Waals surface area contributed by atoms with E-state index in [-0.39, 0.29) is 24.8 Å². The Morgan fingerprint density at radius 2 is 1.80 bits per heavy atom. The van der Waals surface area contributed by atoms with Crippen LogP contribution < -0.4 is 5.32 Å². The smallest absolute Gasteiger partial charge is 0.152 e. The molecule has 0 spiro atoms. The Labute approximate surface area is 85.7 Å². The molecule has 0 saturated carbocycles. The predicted molar refractivity (Wildman–Crippen MR) is 51.1 cm³/mol. The standard InChI is InChI=1S/C10H12F3NO/c1-6(5-15)4-14-10-8(12)2-7(11)3-9(10)13/h2-3,6,14-15H,4-5H2,1H3. The molecule has 0 aromatic heterocycles. The van der Waals surface area contributed by atoms with Gasteiger partial charge in [0.05, 0.1) is 0 Å². The van der Waals surface area contributed by atoms with Gasteiger partial charge in [-0.05, 0) is 5.92 Å². The van der Waals surface area contributed by atoms with Crippen molar-refractivity contribution in [1.82, 2.24) is 0 Å². The van der Waals surface area contributed by atoms with Crippen molar-refractivity contribution in [3.63, 3.8) is 0 Å². The third-order valence-electron chi connectivity index (χ3n) is 1.95. The maximum atomic E-state index is 13.1. The minimum Gasteiger partial charge on any atom is -0.396 e. The third kappa shape index (κ3) is 3.13. The van der Waals surface area contributed by atoms with Gasteiger partial charge in [-0.25, -0.2) is 13.2 Å². The van der Waals surface area contributed by atoms with E-state index in [1.807, 2.05) is 0 Å². The zero-order valence-electron chi connectivity index (χ0n) is 8.23. The highest BCUT2D eigenvalue weighted by atomic mass is 19.1. The molecule has 2 nitrogen and oxygen atoms in total. The summed E-state index contributed by atoms with van der Waals surface area (Å²) in [6.07, 6.45) is 0. The first kappa shape index (κ1) is 11.8. The summed E-state index contributed by atoms with van der Waals surface area (Å²) in [5.74, 6) is -3.03. The average molecular weight is 219 g/mol. The third-order valence-corrected chi connectivity index (χ3v) is 1.95. The molecule has 2 N–H and O–H groups in total. The molecule has 0 aliphatic heterocycles. The van der Waals surface area contributed by atoms with Gasteiger partial charge in [0.25, 0.3) is 0 Å². The first-order valence-corrected chi connectivity index (χ1v) is 4.54. The van der Waals surface area contributed by atoms with E-state index in [1.165, 1.54) is 0 Å². The summed E-state index contributed by atoms with van der Waals surface area (Å²) in [6.45, 7) is 1.85. The molecular weight excluding hydrogens is 207 g/mol. The molecule has 1 aromatic carbocycles. The Kier molecular flexibility index (Phi) is 3.96. The SMILES string of the molecule is CC(CO)CNc1c(F)cc(F)cc1F. The number of nitrogens with one attached hydrogen (secondary N) is 1. The molecule has 0 aliphatic rings. The number of hydrogen-bond acceptors (Lipinski definition) is 2. The van der Waals surface area contributed by atoms with Crippen molar-refractivity contribution in [2.45, 2.75) is 6.92 Å². The maximum Gasteiger partial charge on any atom is 0.152 e. The van der Waals surface area contributed by atoms with Crippen LogP contribution >= 0.6 is 0 Å². The summed E-state index contributed by atoms with van der Waals surface area (Å²) in [6, 6.07) is 1.21. The zero-order chi connectivity index (χ0) is 11.4. The van der Waals surface area contributed by atoms with E-state index in [2.05, 4.69) is 5.32 Å². The molecule has 0 heterocycles. The summed E-state index contributed by atoms with van der Waals surface area (Å²) >= 11 is 0. The number of anilines is 1. The van der Waals surface area contributed by atoms with Crippen LogP contribution in [0.25, 0.3) is 0 Å². The molecule has 0 saturated heterocycles. The van der Waals surface area contributed by atoms with Crippen LogP contribution in [-0.2, 0) is 0 Å². The first-order valence-electron chi connectivity index (χ1n) is 4.54. The molecule has 0 radical (unpaired) electrons. The molecular formula is C10H12F3NO. The van der Waals surface area contributed by atoms with Gasteiger partial charge in [0.1, 0.15) is 11.5 Å². The van der Waals surface area contributed by atoms with E-state index in [1.54, 1.807) is 6.92 Å². The predicted octanol–water partition coefficient (Wildman–Crippen LogP) is 2.14. The molecule has 15 heavy (non-hydrogen) atoms. The van der Waals surface area contributed by atoms with E-state index < -0.39 is 17.5 Å². The van der Waals surface area contributed by atoms with Crippen molar-refractivity contribution in [2.75, 3.05) is 18.5 Å². The lowest BCUT2D eigenvalue weighted by Gasteiger charge is -2.12. The number of aliphatic hydroxyl groups excluding tert-OH is 1. The molecule has 1 aromatic rings. The number of rotatable bonds is 4. The van der Waals surface area contributed by atoms with E-state index in [9.17, 15) is 13.2 Å². The summed E-state index contributed by atoms with van der Waals surface area (Å²) in [5, 5.41) is 11.2. The van der Waals surface area contributed by atoms with Crippen molar-refractivity contribution in [2.24, 2.45) is 5.92 Å². The quantitative estimate of drug-likeness (QED) is 0.813. The normalized spacial score (nSPS) is 12.6. The fourth-order valence-electron chi connectivity index (χ4n) is 1.05. The van der Waals surface area contributed by atoms with Gasteiger partial charge in [0, 0.05) is 25.3 Å². The molecule has 1 rings (SSSR count). The van der Waals surface area contributed by atoms with Gasteiger partial charge in [-0.15, -0.1) is 0 Å². The first-order chi connectivity index (χ1) is 7.04. The minimum absolute atomic E-state index is 0.0859. The number of hydrogen-bond donors (Lipinski definition) is 2. The number of benzene rings is 1. The summed E-state index contributed by atoms with van der Waals surface area (Å²) in [4.78, 5) is 0. The molecule has 0 bridgehead atoms. The lowest BCUT2D eigenvalue weighted by Crippen LogP contribution is -2.16. The highest BCUT2D eigenvalue weighted by molar-refractivity contribution is 5.46. The second kappa shape index (κ2) is 5.02. The lowest BCUT2D eigenvalue weighted by molar-refractivity contribution is 0.244. The highest BCUT2D eigenvalue weighted by Gasteiger charge is 2.11.